The first kappa shape index (κ1) is 12.5. The Morgan fingerprint density at radius 2 is 2.13 bits per heavy atom. The number of hydrogen-bond acceptors (Lipinski definition) is 3. The summed E-state index contributed by atoms with van der Waals surface area (Å²) >= 11 is 0. The lowest BCUT2D eigenvalue weighted by Gasteiger charge is -2.33. The van der Waals surface area contributed by atoms with Crippen LogP contribution in [0.1, 0.15) is 39.0 Å². The first-order chi connectivity index (χ1) is 7.34. The molecule has 1 fully saturated rings. The van der Waals surface area contributed by atoms with Gasteiger partial charge in [-0.05, 0) is 26.3 Å². The fraction of sp³-hybridized carbons (Fsp3) is 0.917. The van der Waals surface area contributed by atoms with Crippen LogP contribution in [0.4, 0.5) is 0 Å². The number of rotatable bonds is 6. The Balaban J connectivity index is 1.97. The molecule has 1 atom stereocenters. The van der Waals surface area contributed by atoms with Crippen molar-refractivity contribution in [2.75, 3.05) is 26.2 Å². The van der Waals surface area contributed by atoms with Crippen molar-refractivity contribution in [3.05, 3.63) is 0 Å². The highest BCUT2D eigenvalue weighted by Crippen LogP contribution is 2.07. The number of piperazine rings is 1. The molecule has 86 valence electrons. The third kappa shape index (κ3) is 5.15. The van der Waals surface area contributed by atoms with Gasteiger partial charge in [-0.3, -0.25) is 4.90 Å². The number of nitrogens with zero attached hydrogens (tertiary/aromatic N) is 2. The highest BCUT2D eigenvalue weighted by Gasteiger charge is 2.16. The summed E-state index contributed by atoms with van der Waals surface area (Å²) in [7, 11) is 0. The number of hydrogen-bond donors (Lipinski definition) is 1. The molecule has 0 aliphatic carbocycles. The molecule has 1 saturated heterocycles. The summed E-state index contributed by atoms with van der Waals surface area (Å²) in [6, 6.07) is 2.89. The lowest BCUT2D eigenvalue weighted by Crippen LogP contribution is -2.49. The molecule has 1 aliphatic rings. The van der Waals surface area contributed by atoms with Crippen LogP contribution in [0.2, 0.25) is 0 Å². The first-order valence-corrected chi connectivity index (χ1v) is 6.16. The molecule has 3 nitrogen and oxygen atoms in total. The van der Waals surface area contributed by atoms with E-state index >= 15 is 0 Å². The molecular weight excluding hydrogens is 186 g/mol. The highest BCUT2D eigenvalue weighted by atomic mass is 15.2. The van der Waals surface area contributed by atoms with Crippen LogP contribution in [0, 0.1) is 11.3 Å². The van der Waals surface area contributed by atoms with E-state index in [1.54, 1.807) is 0 Å². The van der Waals surface area contributed by atoms with Crippen LogP contribution in [0.5, 0.6) is 0 Å². The molecule has 0 unspecified atom stereocenters. The Bertz CT molecular complexity index is 198. The third-order valence-electron chi connectivity index (χ3n) is 3.12. The van der Waals surface area contributed by atoms with E-state index in [0.29, 0.717) is 6.04 Å². The van der Waals surface area contributed by atoms with E-state index in [4.69, 9.17) is 5.26 Å². The van der Waals surface area contributed by atoms with Crippen molar-refractivity contribution in [2.24, 2.45) is 0 Å². The van der Waals surface area contributed by atoms with E-state index < -0.39 is 0 Å². The van der Waals surface area contributed by atoms with E-state index in [0.717, 1.165) is 25.9 Å². The van der Waals surface area contributed by atoms with E-state index in [1.165, 1.54) is 32.4 Å². The van der Waals surface area contributed by atoms with Gasteiger partial charge in [0.2, 0.25) is 0 Å². The maximum Gasteiger partial charge on any atom is 0.0621 e. The Labute approximate surface area is 93.5 Å². The third-order valence-corrected chi connectivity index (χ3v) is 3.12. The summed E-state index contributed by atoms with van der Waals surface area (Å²) in [5.41, 5.74) is 0. The molecule has 1 aliphatic heterocycles. The maximum atomic E-state index is 8.40. The molecular formula is C12H23N3. The highest BCUT2D eigenvalue weighted by molar-refractivity contribution is 4.75. The summed E-state index contributed by atoms with van der Waals surface area (Å²) in [6.07, 6.45) is 5.58. The second-order valence-electron chi connectivity index (χ2n) is 4.41. The minimum Gasteiger partial charge on any atom is -0.314 e. The molecule has 0 spiro atoms. The molecule has 0 aromatic heterocycles. The van der Waals surface area contributed by atoms with E-state index in [2.05, 4.69) is 23.2 Å². The van der Waals surface area contributed by atoms with Crippen molar-refractivity contribution in [2.45, 2.75) is 45.1 Å². The lowest BCUT2D eigenvalue weighted by atomic mass is 10.1. The number of nitriles is 1. The molecule has 1 N–H and O–H groups in total. The Morgan fingerprint density at radius 3 is 2.87 bits per heavy atom. The zero-order valence-corrected chi connectivity index (χ0v) is 9.84. The molecule has 0 amide bonds. The second kappa shape index (κ2) is 7.67. The summed E-state index contributed by atoms with van der Waals surface area (Å²) in [6.45, 7) is 6.99. The lowest BCUT2D eigenvalue weighted by molar-refractivity contribution is 0.170. The first-order valence-electron chi connectivity index (χ1n) is 6.16. The summed E-state index contributed by atoms with van der Waals surface area (Å²) < 4.78 is 0. The minimum atomic E-state index is 0.692. The van der Waals surface area contributed by atoms with Crippen LogP contribution in [-0.4, -0.2) is 37.1 Å². The zero-order chi connectivity index (χ0) is 10.9. The van der Waals surface area contributed by atoms with Gasteiger partial charge in [0.05, 0.1) is 6.07 Å². The van der Waals surface area contributed by atoms with Gasteiger partial charge in [0.1, 0.15) is 0 Å². The normalized spacial score (nSPS) is 22.5. The van der Waals surface area contributed by atoms with Crippen LogP contribution in [0.25, 0.3) is 0 Å². The van der Waals surface area contributed by atoms with Gasteiger partial charge in [-0.25, -0.2) is 0 Å². The van der Waals surface area contributed by atoms with Crippen molar-refractivity contribution in [1.29, 1.82) is 5.26 Å². The van der Waals surface area contributed by atoms with Crippen LogP contribution >= 0.6 is 0 Å². The molecule has 1 rings (SSSR count). The fourth-order valence-corrected chi connectivity index (χ4v) is 2.09. The molecule has 15 heavy (non-hydrogen) atoms. The summed E-state index contributed by atoms with van der Waals surface area (Å²) in [5, 5.41) is 11.8. The predicted molar refractivity (Wildman–Crippen MR) is 62.6 cm³/mol. The van der Waals surface area contributed by atoms with E-state index in [9.17, 15) is 0 Å². The van der Waals surface area contributed by atoms with E-state index in [1.807, 2.05) is 0 Å². The Morgan fingerprint density at radius 1 is 1.33 bits per heavy atom. The van der Waals surface area contributed by atoms with Gasteiger partial charge >= 0.3 is 0 Å². The van der Waals surface area contributed by atoms with Gasteiger partial charge in [-0.2, -0.15) is 5.26 Å². The van der Waals surface area contributed by atoms with Crippen molar-refractivity contribution in [1.82, 2.24) is 10.2 Å². The fourth-order valence-electron chi connectivity index (χ4n) is 2.09. The summed E-state index contributed by atoms with van der Waals surface area (Å²) in [4.78, 5) is 2.57. The van der Waals surface area contributed by atoms with Crippen molar-refractivity contribution < 1.29 is 0 Å². The average molecular weight is 209 g/mol. The molecule has 1 heterocycles. The Hall–Kier alpha value is -0.590. The van der Waals surface area contributed by atoms with Crippen LogP contribution in [0.3, 0.4) is 0 Å². The van der Waals surface area contributed by atoms with Gasteiger partial charge in [-0.15, -0.1) is 0 Å². The van der Waals surface area contributed by atoms with E-state index in [-0.39, 0.29) is 0 Å². The average Bonchev–Trinajstić information content (AvgIpc) is 2.25. The SMILES string of the molecule is C[C@@H]1CNCCN1CCCCCCC#N. The van der Waals surface area contributed by atoms with Crippen LogP contribution < -0.4 is 5.32 Å². The van der Waals surface area contributed by atoms with Gasteiger partial charge in [-0.1, -0.05) is 12.8 Å². The molecule has 0 radical (unpaired) electrons. The molecule has 3 heteroatoms. The minimum absolute atomic E-state index is 0.692. The zero-order valence-electron chi connectivity index (χ0n) is 9.84. The smallest absolute Gasteiger partial charge is 0.0621 e. The molecule has 0 saturated carbocycles. The standard InChI is InChI=1S/C12H23N3/c1-12-11-14-8-10-15(12)9-6-4-2-3-5-7-13/h12,14H,2-6,8-11H2,1H3/t12-/m1/s1. The number of nitrogens with one attached hydrogen (secondary N) is 1. The van der Waals surface area contributed by atoms with Gasteiger partial charge in [0, 0.05) is 32.1 Å². The quantitative estimate of drug-likeness (QED) is 0.677. The van der Waals surface area contributed by atoms with Crippen molar-refractivity contribution in [3.63, 3.8) is 0 Å². The van der Waals surface area contributed by atoms with Crippen LogP contribution in [-0.2, 0) is 0 Å². The molecule has 0 aromatic rings. The monoisotopic (exact) mass is 209 g/mol. The largest absolute Gasteiger partial charge is 0.314 e. The topological polar surface area (TPSA) is 39.1 Å². The van der Waals surface area contributed by atoms with Gasteiger partial charge in [0.15, 0.2) is 0 Å². The second-order valence-corrected chi connectivity index (χ2v) is 4.41. The van der Waals surface area contributed by atoms with Gasteiger partial charge in [0.25, 0.3) is 0 Å². The van der Waals surface area contributed by atoms with Crippen molar-refractivity contribution >= 4 is 0 Å². The molecule has 0 aromatic carbocycles. The Kier molecular flexibility index (Phi) is 6.38. The van der Waals surface area contributed by atoms with Gasteiger partial charge < -0.3 is 5.32 Å². The summed E-state index contributed by atoms with van der Waals surface area (Å²) in [5.74, 6) is 0. The predicted octanol–water partition coefficient (Wildman–Crippen LogP) is 1.75. The maximum absolute atomic E-state index is 8.40. The van der Waals surface area contributed by atoms with Crippen LogP contribution in [0.15, 0.2) is 0 Å². The molecule has 0 bridgehead atoms. The van der Waals surface area contributed by atoms with Crippen molar-refractivity contribution in [3.8, 4) is 6.07 Å². The number of unbranched alkanes of at least 4 members (excludes halogenated alkanes) is 4.